The molecule has 0 amide bonds. The fraction of sp³-hybridized carbons (Fsp3) is 0.143. The quantitative estimate of drug-likeness (QED) is 0.674. The molecule has 0 fully saturated rings. The fourth-order valence-electron chi connectivity index (χ4n) is 1.66. The van der Waals surface area contributed by atoms with Crippen molar-refractivity contribution >= 4 is 5.69 Å². The maximum atomic E-state index is 13.2. The van der Waals surface area contributed by atoms with Crippen LogP contribution in [0.1, 0.15) is 5.56 Å². The van der Waals surface area contributed by atoms with Crippen molar-refractivity contribution in [2.45, 2.75) is 12.6 Å². The number of hydrogen-bond acceptors (Lipinski definition) is 2. The summed E-state index contributed by atoms with van der Waals surface area (Å²) in [5.74, 6) is -0.272. The first-order chi connectivity index (χ1) is 9.33. The second-order valence-electron chi connectivity index (χ2n) is 4.22. The molecule has 2 aromatic rings. The number of alkyl halides is 3. The fourth-order valence-corrected chi connectivity index (χ4v) is 1.66. The van der Waals surface area contributed by atoms with E-state index in [2.05, 4.69) is 0 Å². The number of hydrogen-bond donors (Lipinski definition) is 1. The summed E-state index contributed by atoms with van der Waals surface area (Å²) in [7, 11) is 0. The summed E-state index contributed by atoms with van der Waals surface area (Å²) in [6.07, 6.45) is -5.33. The molecule has 0 aliphatic rings. The van der Waals surface area contributed by atoms with Crippen molar-refractivity contribution in [1.82, 2.24) is 0 Å². The summed E-state index contributed by atoms with van der Waals surface area (Å²) in [5, 5.41) is 0. The third-order valence-corrected chi connectivity index (χ3v) is 2.51. The van der Waals surface area contributed by atoms with Crippen LogP contribution >= 0.6 is 0 Å². The maximum Gasteiger partial charge on any atom is 0.393 e. The Morgan fingerprint density at radius 2 is 1.70 bits per heavy atom. The molecule has 2 aromatic carbocycles. The van der Waals surface area contributed by atoms with Gasteiger partial charge in [-0.15, -0.1) is 0 Å². The maximum absolute atomic E-state index is 13.2. The molecule has 0 saturated heterocycles. The lowest BCUT2D eigenvalue weighted by Crippen LogP contribution is -2.11. The van der Waals surface area contributed by atoms with Gasteiger partial charge in [-0.3, -0.25) is 0 Å². The van der Waals surface area contributed by atoms with Gasteiger partial charge in [0.1, 0.15) is 17.3 Å². The average molecular weight is 285 g/mol. The van der Waals surface area contributed by atoms with E-state index in [0.29, 0.717) is 0 Å². The highest BCUT2D eigenvalue weighted by molar-refractivity contribution is 5.45. The number of ether oxygens (including phenoxy) is 1. The first-order valence-corrected chi connectivity index (χ1v) is 5.72. The van der Waals surface area contributed by atoms with Crippen molar-refractivity contribution in [1.29, 1.82) is 0 Å². The molecule has 0 bridgehead atoms. The molecule has 6 heteroatoms. The Hall–Kier alpha value is -2.24. The summed E-state index contributed by atoms with van der Waals surface area (Å²) < 4.78 is 55.4. The zero-order chi connectivity index (χ0) is 14.8. The predicted octanol–water partition coefficient (Wildman–Crippen LogP) is 4.31. The summed E-state index contributed by atoms with van der Waals surface area (Å²) in [5.41, 5.74) is 5.37. The first kappa shape index (κ1) is 14.2. The summed E-state index contributed by atoms with van der Waals surface area (Å²) in [6.45, 7) is 0. The second kappa shape index (κ2) is 5.40. The lowest BCUT2D eigenvalue weighted by molar-refractivity contribution is -0.127. The molecule has 0 saturated carbocycles. The molecule has 0 atom stereocenters. The number of halogens is 4. The van der Waals surface area contributed by atoms with Crippen molar-refractivity contribution in [2.75, 3.05) is 5.73 Å². The zero-order valence-electron chi connectivity index (χ0n) is 10.2. The Morgan fingerprint density at radius 3 is 2.35 bits per heavy atom. The molecule has 0 aromatic heterocycles. The minimum Gasteiger partial charge on any atom is -0.457 e. The van der Waals surface area contributed by atoms with Gasteiger partial charge in [-0.2, -0.15) is 13.2 Å². The van der Waals surface area contributed by atoms with Crippen molar-refractivity contribution in [3.8, 4) is 11.5 Å². The topological polar surface area (TPSA) is 35.2 Å². The van der Waals surface area contributed by atoms with Gasteiger partial charge in [-0.25, -0.2) is 4.39 Å². The van der Waals surface area contributed by atoms with Crippen LogP contribution < -0.4 is 10.5 Å². The van der Waals surface area contributed by atoms with Gasteiger partial charge in [-0.1, -0.05) is 12.1 Å². The van der Waals surface area contributed by atoms with E-state index in [0.717, 1.165) is 6.07 Å². The van der Waals surface area contributed by atoms with Gasteiger partial charge >= 0.3 is 6.18 Å². The van der Waals surface area contributed by atoms with Crippen molar-refractivity contribution in [2.24, 2.45) is 0 Å². The van der Waals surface area contributed by atoms with Crippen LogP contribution in [0.2, 0.25) is 0 Å². The number of anilines is 1. The summed E-state index contributed by atoms with van der Waals surface area (Å²) in [6, 6.07) is 9.40. The third kappa shape index (κ3) is 3.88. The Morgan fingerprint density at radius 1 is 1.00 bits per heavy atom. The monoisotopic (exact) mass is 285 g/mol. The highest BCUT2D eigenvalue weighted by atomic mass is 19.4. The van der Waals surface area contributed by atoms with E-state index in [-0.39, 0.29) is 22.7 Å². The smallest absolute Gasteiger partial charge is 0.393 e. The first-order valence-electron chi connectivity index (χ1n) is 5.72. The minimum absolute atomic E-state index is 0.0248. The van der Waals surface area contributed by atoms with Gasteiger partial charge in [0.05, 0.1) is 12.1 Å². The van der Waals surface area contributed by atoms with E-state index in [1.54, 1.807) is 0 Å². The largest absolute Gasteiger partial charge is 0.457 e. The molecule has 0 unspecified atom stereocenters. The normalized spacial score (nSPS) is 11.4. The van der Waals surface area contributed by atoms with E-state index in [1.165, 1.54) is 36.4 Å². The number of nitrogen functional groups attached to an aromatic ring is 1. The van der Waals surface area contributed by atoms with Gasteiger partial charge in [0.2, 0.25) is 0 Å². The Kier molecular flexibility index (Phi) is 3.83. The van der Waals surface area contributed by atoms with Gasteiger partial charge in [0.25, 0.3) is 0 Å². The summed E-state index contributed by atoms with van der Waals surface area (Å²) >= 11 is 0. The highest BCUT2D eigenvalue weighted by Crippen LogP contribution is 2.27. The molecule has 20 heavy (non-hydrogen) atoms. The Bertz CT molecular complexity index is 610. The Balaban J connectivity index is 2.17. The van der Waals surface area contributed by atoms with Crippen LogP contribution in [0.4, 0.5) is 23.2 Å². The highest BCUT2D eigenvalue weighted by Gasteiger charge is 2.27. The van der Waals surface area contributed by atoms with Crippen molar-refractivity contribution in [3.63, 3.8) is 0 Å². The minimum atomic E-state index is -4.29. The van der Waals surface area contributed by atoms with E-state index >= 15 is 0 Å². The van der Waals surface area contributed by atoms with Gasteiger partial charge in [0, 0.05) is 6.07 Å². The molecule has 2 nitrogen and oxygen atoms in total. The lowest BCUT2D eigenvalue weighted by atomic mass is 10.1. The Labute approximate surface area is 112 Å². The average Bonchev–Trinajstić information content (AvgIpc) is 2.32. The molecule has 0 spiro atoms. The van der Waals surface area contributed by atoms with E-state index < -0.39 is 18.4 Å². The molecule has 106 valence electrons. The van der Waals surface area contributed by atoms with Crippen LogP contribution in [-0.4, -0.2) is 6.18 Å². The van der Waals surface area contributed by atoms with Crippen LogP contribution in [0.5, 0.6) is 11.5 Å². The van der Waals surface area contributed by atoms with Crippen molar-refractivity contribution < 1.29 is 22.3 Å². The molecule has 0 aliphatic carbocycles. The van der Waals surface area contributed by atoms with E-state index in [9.17, 15) is 17.6 Å². The molecule has 2 N–H and O–H groups in total. The summed E-state index contributed by atoms with van der Waals surface area (Å²) in [4.78, 5) is 0. The lowest BCUT2D eigenvalue weighted by Gasteiger charge is -2.10. The van der Waals surface area contributed by atoms with Crippen LogP contribution in [0.3, 0.4) is 0 Å². The number of benzene rings is 2. The third-order valence-electron chi connectivity index (χ3n) is 2.51. The molecule has 2 rings (SSSR count). The van der Waals surface area contributed by atoms with Crippen LogP contribution in [0.15, 0.2) is 42.5 Å². The molecular formula is C14H11F4NO. The van der Waals surface area contributed by atoms with Gasteiger partial charge in [-0.05, 0) is 29.8 Å². The van der Waals surface area contributed by atoms with Crippen LogP contribution in [0, 0.1) is 5.82 Å². The van der Waals surface area contributed by atoms with E-state index in [4.69, 9.17) is 10.5 Å². The standard InChI is InChI=1S/C14H11F4NO/c15-12-7-11(4-5-13(12)19)20-10-3-1-2-9(6-10)8-14(16,17)18/h1-7H,8,19H2. The van der Waals surface area contributed by atoms with Gasteiger partial charge < -0.3 is 10.5 Å². The van der Waals surface area contributed by atoms with E-state index in [1.807, 2.05) is 0 Å². The molecule has 0 aliphatic heterocycles. The SMILES string of the molecule is Nc1ccc(Oc2cccc(CC(F)(F)F)c2)cc1F. The molecule has 0 radical (unpaired) electrons. The second-order valence-corrected chi connectivity index (χ2v) is 4.22. The van der Waals surface area contributed by atoms with Crippen LogP contribution in [0.25, 0.3) is 0 Å². The van der Waals surface area contributed by atoms with Crippen molar-refractivity contribution in [3.05, 3.63) is 53.8 Å². The molecular weight excluding hydrogens is 274 g/mol. The van der Waals surface area contributed by atoms with Crippen LogP contribution in [-0.2, 0) is 6.42 Å². The molecule has 0 heterocycles. The number of nitrogens with two attached hydrogens (primary N) is 1. The predicted molar refractivity (Wildman–Crippen MR) is 67.1 cm³/mol. The zero-order valence-corrected chi connectivity index (χ0v) is 10.2. The van der Waals surface area contributed by atoms with Gasteiger partial charge in [0.15, 0.2) is 0 Å². The number of rotatable bonds is 3.